The summed E-state index contributed by atoms with van der Waals surface area (Å²) in [4.78, 5) is 13.5. The molecule has 0 aliphatic heterocycles. The molecule has 28 heavy (non-hydrogen) atoms. The molecule has 7 nitrogen and oxygen atoms in total. The van der Waals surface area contributed by atoms with Crippen LogP contribution in [-0.2, 0) is 27.5 Å². The molecule has 3 aromatic rings. The lowest BCUT2D eigenvalue weighted by Crippen LogP contribution is -2.14. The molecular weight excluding hydrogens is 398 g/mol. The number of nitrogens with zero attached hydrogens (tertiary/aromatic N) is 2. The largest absolute Gasteiger partial charge is 0.407 e. The molecule has 1 heterocycles. The molecular formula is C19H19N3O4S2. The zero-order chi connectivity index (χ0) is 20.1. The van der Waals surface area contributed by atoms with E-state index < -0.39 is 9.84 Å². The second kappa shape index (κ2) is 8.57. The van der Waals surface area contributed by atoms with E-state index in [0.29, 0.717) is 12.3 Å². The number of sulfone groups is 1. The number of hydrogen-bond acceptors (Lipinski definition) is 7. The number of carbonyl (C=O) groups excluding carboxylic acids is 1. The van der Waals surface area contributed by atoms with Crippen molar-refractivity contribution in [3.05, 3.63) is 65.5 Å². The molecule has 0 bridgehead atoms. The Bertz CT molecular complexity index is 1060. The Morgan fingerprint density at radius 3 is 2.29 bits per heavy atom. The van der Waals surface area contributed by atoms with Crippen LogP contribution in [0.5, 0.6) is 0 Å². The van der Waals surface area contributed by atoms with Crippen LogP contribution < -0.4 is 5.32 Å². The number of benzene rings is 2. The van der Waals surface area contributed by atoms with Gasteiger partial charge in [-0.05, 0) is 41.6 Å². The monoisotopic (exact) mass is 417 g/mol. The van der Waals surface area contributed by atoms with Gasteiger partial charge in [0.25, 0.3) is 0 Å². The topological polar surface area (TPSA) is 102 Å². The Kier molecular flexibility index (Phi) is 6.15. The molecule has 3 rings (SSSR count). The molecule has 0 aliphatic rings. The van der Waals surface area contributed by atoms with E-state index in [0.717, 1.165) is 22.3 Å². The fourth-order valence-corrected chi connectivity index (χ4v) is 3.54. The number of amides is 1. The molecule has 146 valence electrons. The highest BCUT2D eigenvalue weighted by atomic mass is 32.2. The van der Waals surface area contributed by atoms with E-state index in [4.69, 9.17) is 4.42 Å². The maximum Gasteiger partial charge on any atom is 0.322 e. The second-order valence-electron chi connectivity index (χ2n) is 6.17. The third-order valence-electron chi connectivity index (χ3n) is 3.94. The number of aromatic nitrogens is 2. The normalized spacial score (nSPS) is 11.4. The Morgan fingerprint density at radius 2 is 1.68 bits per heavy atom. The van der Waals surface area contributed by atoms with Gasteiger partial charge in [0.05, 0.1) is 17.7 Å². The average molecular weight is 418 g/mol. The van der Waals surface area contributed by atoms with Crippen molar-refractivity contribution in [2.24, 2.45) is 0 Å². The molecule has 0 fully saturated rings. The minimum absolute atomic E-state index is 0.0356. The molecule has 1 aromatic heterocycles. The number of nitrogens with one attached hydrogen (secondary N) is 1. The number of thioether (sulfide) groups is 1. The predicted molar refractivity (Wildman–Crippen MR) is 107 cm³/mol. The minimum Gasteiger partial charge on any atom is -0.407 e. The van der Waals surface area contributed by atoms with Crippen molar-refractivity contribution in [3.63, 3.8) is 0 Å². The highest BCUT2D eigenvalue weighted by Gasteiger charge is 2.12. The van der Waals surface area contributed by atoms with Crippen molar-refractivity contribution in [1.82, 2.24) is 10.2 Å². The van der Waals surface area contributed by atoms with E-state index in [1.54, 1.807) is 23.9 Å². The first-order valence-electron chi connectivity index (χ1n) is 8.37. The second-order valence-corrected chi connectivity index (χ2v) is 9.06. The fraction of sp³-hybridized carbons (Fsp3) is 0.211. The molecule has 0 unspecified atom stereocenters. The lowest BCUT2D eigenvalue weighted by atomic mass is 10.1. The average Bonchev–Trinajstić information content (AvgIpc) is 3.08. The fourth-order valence-electron chi connectivity index (χ4n) is 2.50. The van der Waals surface area contributed by atoms with E-state index in [9.17, 15) is 13.2 Å². The van der Waals surface area contributed by atoms with Gasteiger partial charge in [-0.25, -0.2) is 8.42 Å². The summed E-state index contributed by atoms with van der Waals surface area (Å²) < 4.78 is 28.4. The third kappa shape index (κ3) is 5.43. The van der Waals surface area contributed by atoms with Gasteiger partial charge >= 0.3 is 6.01 Å². The Balaban J connectivity index is 1.58. The third-order valence-corrected chi connectivity index (χ3v) is 5.82. The van der Waals surface area contributed by atoms with Crippen molar-refractivity contribution < 1.29 is 17.6 Å². The predicted octanol–water partition coefficient (Wildman–Crippen LogP) is 2.97. The zero-order valence-corrected chi connectivity index (χ0v) is 17.0. The lowest BCUT2D eigenvalue weighted by Gasteiger charge is -2.02. The van der Waals surface area contributed by atoms with Crippen LogP contribution in [0, 0.1) is 0 Å². The van der Waals surface area contributed by atoms with Crippen LogP contribution in [0.2, 0.25) is 0 Å². The van der Waals surface area contributed by atoms with Gasteiger partial charge in [0.1, 0.15) is 0 Å². The molecule has 9 heteroatoms. The quantitative estimate of drug-likeness (QED) is 0.590. The van der Waals surface area contributed by atoms with Gasteiger partial charge in [-0.15, -0.1) is 16.9 Å². The van der Waals surface area contributed by atoms with Crippen molar-refractivity contribution in [1.29, 1.82) is 0 Å². The van der Waals surface area contributed by atoms with Gasteiger partial charge in [-0.2, -0.15) is 0 Å². The SMILES string of the molecule is CSc1ccc(CC(=O)Nc2nnc(Cc3ccc(S(C)(=O)=O)cc3)o2)cc1. The van der Waals surface area contributed by atoms with Crippen molar-refractivity contribution in [2.75, 3.05) is 17.8 Å². The van der Waals surface area contributed by atoms with Crippen LogP contribution in [0.3, 0.4) is 0 Å². The highest BCUT2D eigenvalue weighted by molar-refractivity contribution is 7.98. The Labute approximate surface area is 167 Å². The summed E-state index contributed by atoms with van der Waals surface area (Å²) in [5.41, 5.74) is 1.71. The van der Waals surface area contributed by atoms with Gasteiger partial charge in [-0.3, -0.25) is 10.1 Å². The van der Waals surface area contributed by atoms with Crippen LogP contribution in [0.15, 0.2) is 62.7 Å². The maximum atomic E-state index is 12.1. The van der Waals surface area contributed by atoms with Crippen LogP contribution >= 0.6 is 11.8 Å². The van der Waals surface area contributed by atoms with Crippen molar-refractivity contribution in [3.8, 4) is 0 Å². The van der Waals surface area contributed by atoms with Crippen LogP contribution in [0.1, 0.15) is 17.0 Å². The Hall–Kier alpha value is -2.65. The van der Waals surface area contributed by atoms with Gasteiger partial charge in [-0.1, -0.05) is 29.4 Å². The molecule has 2 aromatic carbocycles. The first kappa shape index (κ1) is 20.1. The smallest absolute Gasteiger partial charge is 0.322 e. The first-order valence-corrected chi connectivity index (χ1v) is 11.5. The van der Waals surface area contributed by atoms with Crippen molar-refractivity contribution >= 4 is 33.5 Å². The number of rotatable bonds is 7. The molecule has 0 atom stereocenters. The standard InChI is InChI=1S/C19H19N3O4S2/c1-27-15-7-3-13(4-8-15)11-17(23)20-19-22-21-18(26-19)12-14-5-9-16(10-6-14)28(2,24)25/h3-10H,11-12H2,1-2H3,(H,20,22,23). The van der Waals surface area contributed by atoms with Gasteiger partial charge in [0.2, 0.25) is 11.8 Å². The summed E-state index contributed by atoms with van der Waals surface area (Å²) in [7, 11) is -3.23. The molecule has 0 spiro atoms. The first-order chi connectivity index (χ1) is 13.3. The molecule has 0 aliphatic carbocycles. The number of hydrogen-bond donors (Lipinski definition) is 1. The van der Waals surface area contributed by atoms with E-state index in [-0.39, 0.29) is 23.2 Å². The van der Waals surface area contributed by atoms with Crippen molar-refractivity contribution in [2.45, 2.75) is 22.6 Å². The maximum absolute atomic E-state index is 12.1. The molecule has 0 saturated carbocycles. The van der Waals surface area contributed by atoms with E-state index in [2.05, 4.69) is 15.5 Å². The van der Waals surface area contributed by atoms with Gasteiger partial charge in [0, 0.05) is 11.2 Å². The van der Waals surface area contributed by atoms with E-state index in [1.807, 2.05) is 30.5 Å². The summed E-state index contributed by atoms with van der Waals surface area (Å²) in [6.07, 6.45) is 3.70. The zero-order valence-electron chi connectivity index (χ0n) is 15.4. The molecule has 0 saturated heterocycles. The van der Waals surface area contributed by atoms with Crippen LogP contribution in [0.4, 0.5) is 6.01 Å². The van der Waals surface area contributed by atoms with Crippen LogP contribution in [0.25, 0.3) is 0 Å². The summed E-state index contributed by atoms with van der Waals surface area (Å²) in [6, 6.07) is 14.2. The summed E-state index contributed by atoms with van der Waals surface area (Å²) in [5, 5.41) is 10.3. The number of carbonyl (C=O) groups is 1. The summed E-state index contributed by atoms with van der Waals surface area (Å²) >= 11 is 1.64. The minimum atomic E-state index is -3.23. The van der Waals surface area contributed by atoms with Gasteiger partial charge in [0.15, 0.2) is 9.84 Å². The lowest BCUT2D eigenvalue weighted by molar-refractivity contribution is -0.115. The summed E-state index contributed by atoms with van der Waals surface area (Å²) in [6.45, 7) is 0. The van der Waals surface area contributed by atoms with E-state index in [1.165, 1.54) is 12.1 Å². The molecule has 1 amide bonds. The summed E-state index contributed by atoms with van der Waals surface area (Å²) in [5.74, 6) is 0.0799. The number of anilines is 1. The van der Waals surface area contributed by atoms with Gasteiger partial charge < -0.3 is 4.42 Å². The van der Waals surface area contributed by atoms with Crippen LogP contribution in [-0.4, -0.2) is 37.0 Å². The molecule has 0 radical (unpaired) electrons. The highest BCUT2D eigenvalue weighted by Crippen LogP contribution is 2.17. The molecule has 1 N–H and O–H groups in total. The van der Waals surface area contributed by atoms with E-state index >= 15 is 0 Å². The Morgan fingerprint density at radius 1 is 1.04 bits per heavy atom.